The van der Waals surface area contributed by atoms with Crippen molar-refractivity contribution in [1.29, 1.82) is 0 Å². The molecule has 1 atom stereocenters. The van der Waals surface area contributed by atoms with E-state index in [4.69, 9.17) is 9.47 Å². The molecule has 0 fully saturated rings. The van der Waals surface area contributed by atoms with Crippen LogP contribution in [0.2, 0.25) is 0 Å². The molecule has 1 heterocycles. The van der Waals surface area contributed by atoms with Crippen molar-refractivity contribution < 1.29 is 14.3 Å². The zero-order valence-corrected chi connectivity index (χ0v) is 15.7. The maximum Gasteiger partial charge on any atom is 0.268 e. The van der Waals surface area contributed by atoms with Gasteiger partial charge in [-0.2, -0.15) is 0 Å². The van der Waals surface area contributed by atoms with Crippen LogP contribution in [0.25, 0.3) is 0 Å². The van der Waals surface area contributed by atoms with Crippen LogP contribution < -0.4 is 14.8 Å². The van der Waals surface area contributed by atoms with Crippen LogP contribution in [0.5, 0.6) is 11.5 Å². The number of nitrogens with zero attached hydrogens (tertiary/aromatic N) is 1. The standard InChI is InChI=1S/C20H28N2O3/c1-14(2)10-12-25-18-9-8-16(13-19(18)24-5)15(3)21-20(23)17-7-6-11-22(17)4/h6-9,11,13-15H,10,12H2,1-5H3,(H,21,23)/t15-/m1/s1. The molecule has 0 aliphatic heterocycles. The lowest BCUT2D eigenvalue weighted by Crippen LogP contribution is -2.28. The Morgan fingerprint density at radius 1 is 1.20 bits per heavy atom. The molecule has 1 aromatic carbocycles. The first-order valence-electron chi connectivity index (χ1n) is 8.65. The third-order valence-electron chi connectivity index (χ3n) is 4.16. The molecule has 5 nitrogen and oxygen atoms in total. The predicted octanol–water partition coefficient (Wildman–Crippen LogP) is 3.95. The summed E-state index contributed by atoms with van der Waals surface area (Å²) in [7, 11) is 3.48. The summed E-state index contributed by atoms with van der Waals surface area (Å²) < 4.78 is 13.1. The zero-order valence-electron chi connectivity index (χ0n) is 15.7. The van der Waals surface area contributed by atoms with Gasteiger partial charge < -0.3 is 19.4 Å². The smallest absolute Gasteiger partial charge is 0.268 e. The summed E-state index contributed by atoms with van der Waals surface area (Å²) in [5.41, 5.74) is 1.60. The highest BCUT2D eigenvalue weighted by Crippen LogP contribution is 2.30. The van der Waals surface area contributed by atoms with Crippen molar-refractivity contribution in [1.82, 2.24) is 9.88 Å². The molecule has 0 spiro atoms. The Hall–Kier alpha value is -2.43. The van der Waals surface area contributed by atoms with Crippen molar-refractivity contribution in [2.75, 3.05) is 13.7 Å². The summed E-state index contributed by atoms with van der Waals surface area (Å²) in [4.78, 5) is 12.3. The van der Waals surface area contributed by atoms with Gasteiger partial charge in [0.15, 0.2) is 11.5 Å². The molecule has 0 aliphatic rings. The Morgan fingerprint density at radius 2 is 1.96 bits per heavy atom. The maximum atomic E-state index is 12.3. The molecule has 0 radical (unpaired) electrons. The molecule has 1 amide bonds. The van der Waals surface area contributed by atoms with E-state index in [1.807, 2.05) is 44.4 Å². The van der Waals surface area contributed by atoms with Gasteiger partial charge in [-0.3, -0.25) is 4.79 Å². The van der Waals surface area contributed by atoms with E-state index in [1.54, 1.807) is 17.7 Å². The molecule has 2 rings (SSSR count). The summed E-state index contributed by atoms with van der Waals surface area (Å²) in [6, 6.07) is 9.30. The van der Waals surface area contributed by atoms with E-state index in [1.165, 1.54) is 0 Å². The quantitative estimate of drug-likeness (QED) is 0.789. The summed E-state index contributed by atoms with van der Waals surface area (Å²) in [6.07, 6.45) is 2.85. The third kappa shape index (κ3) is 5.02. The highest BCUT2D eigenvalue weighted by atomic mass is 16.5. The van der Waals surface area contributed by atoms with E-state index >= 15 is 0 Å². The van der Waals surface area contributed by atoms with Crippen LogP contribution in [0.4, 0.5) is 0 Å². The van der Waals surface area contributed by atoms with E-state index < -0.39 is 0 Å². The Morgan fingerprint density at radius 3 is 2.56 bits per heavy atom. The van der Waals surface area contributed by atoms with Gasteiger partial charge in [0.25, 0.3) is 5.91 Å². The average molecular weight is 344 g/mol. The molecule has 0 aliphatic carbocycles. The van der Waals surface area contributed by atoms with Crippen molar-refractivity contribution in [2.45, 2.75) is 33.2 Å². The number of amides is 1. The van der Waals surface area contributed by atoms with Gasteiger partial charge in [0.1, 0.15) is 5.69 Å². The van der Waals surface area contributed by atoms with Crippen LogP contribution in [-0.4, -0.2) is 24.2 Å². The molecular formula is C20H28N2O3. The van der Waals surface area contributed by atoms with Gasteiger partial charge in [-0.25, -0.2) is 0 Å². The van der Waals surface area contributed by atoms with Gasteiger partial charge in [0, 0.05) is 13.2 Å². The lowest BCUT2D eigenvalue weighted by atomic mass is 10.1. The highest BCUT2D eigenvalue weighted by molar-refractivity contribution is 5.92. The van der Waals surface area contributed by atoms with Crippen LogP contribution in [0, 0.1) is 5.92 Å². The van der Waals surface area contributed by atoms with Crippen LogP contribution in [0.15, 0.2) is 36.5 Å². The van der Waals surface area contributed by atoms with Gasteiger partial charge in [-0.15, -0.1) is 0 Å². The number of carbonyl (C=O) groups excluding carboxylic acids is 1. The minimum Gasteiger partial charge on any atom is -0.493 e. The van der Waals surface area contributed by atoms with Crippen molar-refractivity contribution in [3.63, 3.8) is 0 Å². The lowest BCUT2D eigenvalue weighted by molar-refractivity contribution is 0.0931. The van der Waals surface area contributed by atoms with Crippen LogP contribution in [0.3, 0.4) is 0 Å². The number of hydrogen-bond acceptors (Lipinski definition) is 3. The first kappa shape index (κ1) is 18.9. The number of aryl methyl sites for hydroxylation is 1. The number of aromatic nitrogens is 1. The number of hydrogen-bond donors (Lipinski definition) is 1. The Balaban J connectivity index is 2.05. The first-order chi connectivity index (χ1) is 11.9. The Labute approximate surface area is 149 Å². The Bertz CT molecular complexity index is 707. The fourth-order valence-corrected chi connectivity index (χ4v) is 2.53. The second-order valence-corrected chi connectivity index (χ2v) is 6.64. The molecule has 25 heavy (non-hydrogen) atoms. The van der Waals surface area contributed by atoms with Gasteiger partial charge in [0.2, 0.25) is 0 Å². The summed E-state index contributed by atoms with van der Waals surface area (Å²) >= 11 is 0. The van der Waals surface area contributed by atoms with E-state index in [-0.39, 0.29) is 11.9 Å². The summed E-state index contributed by atoms with van der Waals surface area (Å²) in [5.74, 6) is 1.91. The van der Waals surface area contributed by atoms with Crippen LogP contribution in [0.1, 0.15) is 49.3 Å². The number of methoxy groups -OCH3 is 1. The minimum atomic E-state index is -0.138. The number of ether oxygens (including phenoxy) is 2. The van der Waals surface area contributed by atoms with Crippen molar-refractivity contribution in [2.24, 2.45) is 13.0 Å². The van der Waals surface area contributed by atoms with E-state index in [0.29, 0.717) is 24.0 Å². The molecule has 136 valence electrons. The fourth-order valence-electron chi connectivity index (χ4n) is 2.53. The molecule has 0 unspecified atom stereocenters. The lowest BCUT2D eigenvalue weighted by Gasteiger charge is -2.17. The maximum absolute atomic E-state index is 12.3. The van der Waals surface area contributed by atoms with E-state index in [9.17, 15) is 4.79 Å². The monoisotopic (exact) mass is 344 g/mol. The molecule has 5 heteroatoms. The van der Waals surface area contributed by atoms with Crippen molar-refractivity contribution in [3.8, 4) is 11.5 Å². The van der Waals surface area contributed by atoms with Gasteiger partial charge in [-0.1, -0.05) is 19.9 Å². The molecule has 2 aromatic rings. The largest absolute Gasteiger partial charge is 0.493 e. The summed E-state index contributed by atoms with van der Waals surface area (Å²) in [6.45, 7) is 6.95. The molecule has 0 bridgehead atoms. The number of benzene rings is 1. The molecule has 0 saturated carbocycles. The summed E-state index contributed by atoms with van der Waals surface area (Å²) in [5, 5.41) is 3.01. The second-order valence-electron chi connectivity index (χ2n) is 6.64. The average Bonchev–Trinajstić information content (AvgIpc) is 3.00. The molecule has 0 saturated heterocycles. The predicted molar refractivity (Wildman–Crippen MR) is 99.2 cm³/mol. The molecular weight excluding hydrogens is 316 g/mol. The zero-order chi connectivity index (χ0) is 18.4. The molecule has 1 aromatic heterocycles. The number of carbonyl (C=O) groups is 1. The van der Waals surface area contributed by atoms with Crippen molar-refractivity contribution in [3.05, 3.63) is 47.8 Å². The van der Waals surface area contributed by atoms with Gasteiger partial charge in [0.05, 0.1) is 19.8 Å². The highest BCUT2D eigenvalue weighted by Gasteiger charge is 2.15. The van der Waals surface area contributed by atoms with Crippen LogP contribution >= 0.6 is 0 Å². The van der Waals surface area contributed by atoms with Crippen molar-refractivity contribution >= 4 is 5.91 Å². The minimum absolute atomic E-state index is 0.101. The number of nitrogens with one attached hydrogen (secondary N) is 1. The SMILES string of the molecule is COc1cc([C@@H](C)NC(=O)c2cccn2C)ccc1OCCC(C)C. The van der Waals surface area contributed by atoms with E-state index in [0.717, 1.165) is 17.7 Å². The fraction of sp³-hybridized carbons (Fsp3) is 0.450. The number of rotatable bonds is 8. The first-order valence-corrected chi connectivity index (χ1v) is 8.65. The molecule has 1 N–H and O–H groups in total. The van der Waals surface area contributed by atoms with E-state index in [2.05, 4.69) is 19.2 Å². The van der Waals surface area contributed by atoms with Gasteiger partial charge in [-0.05, 0) is 49.1 Å². The normalized spacial score (nSPS) is 12.1. The third-order valence-corrected chi connectivity index (χ3v) is 4.16. The Kier molecular flexibility index (Phi) is 6.51. The van der Waals surface area contributed by atoms with Gasteiger partial charge >= 0.3 is 0 Å². The van der Waals surface area contributed by atoms with Crippen LogP contribution in [-0.2, 0) is 7.05 Å². The second kappa shape index (κ2) is 8.60. The topological polar surface area (TPSA) is 52.5 Å².